The molecule has 2 aromatic carbocycles. The summed E-state index contributed by atoms with van der Waals surface area (Å²) in [5, 5.41) is 9.02. The van der Waals surface area contributed by atoms with Crippen molar-refractivity contribution in [2.45, 2.75) is 26.4 Å². The Kier molecular flexibility index (Phi) is 6.21. The zero-order chi connectivity index (χ0) is 17.5. The van der Waals surface area contributed by atoms with Crippen LogP contribution < -0.4 is 16.0 Å². The van der Waals surface area contributed by atoms with Crippen molar-refractivity contribution in [3.63, 3.8) is 0 Å². The molecule has 1 atom stereocenters. The van der Waals surface area contributed by atoms with Gasteiger partial charge in [-0.15, -0.1) is 0 Å². The number of halogens is 1. The Morgan fingerprint density at radius 1 is 1.12 bits per heavy atom. The van der Waals surface area contributed by atoms with E-state index in [2.05, 4.69) is 16.0 Å². The van der Waals surface area contributed by atoms with Gasteiger partial charge < -0.3 is 16.0 Å². The van der Waals surface area contributed by atoms with Crippen LogP contribution in [0.2, 0.25) is 5.02 Å². The zero-order valence-corrected chi connectivity index (χ0v) is 14.4. The highest BCUT2D eigenvalue weighted by Gasteiger charge is 2.14. The molecule has 0 aromatic heterocycles. The summed E-state index contributed by atoms with van der Waals surface area (Å²) in [6.07, 6.45) is 0. The summed E-state index contributed by atoms with van der Waals surface area (Å²) >= 11 is 6.26. The van der Waals surface area contributed by atoms with Crippen LogP contribution in [0.25, 0.3) is 0 Å². The second kappa shape index (κ2) is 8.36. The average molecular weight is 346 g/mol. The predicted molar refractivity (Wildman–Crippen MR) is 97.1 cm³/mol. The highest BCUT2D eigenvalue weighted by atomic mass is 35.5. The maximum Gasteiger partial charge on any atom is 0.246 e. The quantitative estimate of drug-likeness (QED) is 0.751. The molecule has 0 fully saturated rings. The smallest absolute Gasteiger partial charge is 0.246 e. The number of rotatable bonds is 6. The van der Waals surface area contributed by atoms with Crippen LogP contribution in [0, 0.1) is 0 Å². The Balaban J connectivity index is 1.96. The third-order valence-electron chi connectivity index (χ3n) is 3.38. The molecule has 2 amide bonds. The fourth-order valence-corrected chi connectivity index (χ4v) is 2.40. The highest BCUT2D eigenvalue weighted by molar-refractivity contribution is 6.33. The van der Waals surface area contributed by atoms with E-state index < -0.39 is 6.04 Å². The summed E-state index contributed by atoms with van der Waals surface area (Å²) in [4.78, 5) is 22.9. The fraction of sp³-hybridized carbons (Fsp3) is 0.222. The molecule has 0 heterocycles. The van der Waals surface area contributed by atoms with Gasteiger partial charge in [-0.05, 0) is 30.7 Å². The van der Waals surface area contributed by atoms with E-state index in [1.54, 1.807) is 19.1 Å². The molecular formula is C18H20ClN3O2. The van der Waals surface area contributed by atoms with Gasteiger partial charge >= 0.3 is 0 Å². The van der Waals surface area contributed by atoms with E-state index in [1.807, 2.05) is 36.4 Å². The molecule has 0 saturated heterocycles. The largest absolute Gasteiger partial charge is 0.380 e. The molecule has 5 nitrogen and oxygen atoms in total. The average Bonchev–Trinajstić information content (AvgIpc) is 2.54. The van der Waals surface area contributed by atoms with Crippen molar-refractivity contribution >= 4 is 34.8 Å². The van der Waals surface area contributed by atoms with Crippen molar-refractivity contribution in [1.82, 2.24) is 5.32 Å². The first-order valence-electron chi connectivity index (χ1n) is 7.61. The van der Waals surface area contributed by atoms with Crippen LogP contribution >= 0.6 is 11.6 Å². The lowest BCUT2D eigenvalue weighted by molar-refractivity contribution is -0.124. The highest BCUT2D eigenvalue weighted by Crippen LogP contribution is 2.26. The molecule has 24 heavy (non-hydrogen) atoms. The molecule has 0 bridgehead atoms. The fourth-order valence-electron chi connectivity index (χ4n) is 2.15. The first kappa shape index (κ1) is 17.8. The van der Waals surface area contributed by atoms with E-state index in [-0.39, 0.29) is 11.8 Å². The van der Waals surface area contributed by atoms with Gasteiger partial charge in [-0.1, -0.05) is 41.9 Å². The molecule has 2 rings (SSSR count). The summed E-state index contributed by atoms with van der Waals surface area (Å²) in [6, 6.07) is 14.6. The lowest BCUT2D eigenvalue weighted by atomic mass is 10.2. The van der Waals surface area contributed by atoms with Crippen LogP contribution in [-0.2, 0) is 16.1 Å². The zero-order valence-electron chi connectivity index (χ0n) is 13.6. The first-order valence-corrected chi connectivity index (χ1v) is 7.99. The van der Waals surface area contributed by atoms with Crippen molar-refractivity contribution < 1.29 is 9.59 Å². The van der Waals surface area contributed by atoms with Gasteiger partial charge in [-0.3, -0.25) is 9.59 Å². The van der Waals surface area contributed by atoms with E-state index in [0.29, 0.717) is 17.3 Å². The normalized spacial score (nSPS) is 11.5. The van der Waals surface area contributed by atoms with Gasteiger partial charge in [0.25, 0.3) is 0 Å². The molecular weight excluding hydrogens is 326 g/mol. The van der Waals surface area contributed by atoms with Gasteiger partial charge in [0.05, 0.1) is 10.7 Å². The van der Waals surface area contributed by atoms with Gasteiger partial charge in [0, 0.05) is 19.2 Å². The minimum atomic E-state index is -0.614. The van der Waals surface area contributed by atoms with Gasteiger partial charge in [-0.25, -0.2) is 0 Å². The van der Waals surface area contributed by atoms with Crippen molar-refractivity contribution in [3.8, 4) is 0 Å². The van der Waals surface area contributed by atoms with E-state index >= 15 is 0 Å². The Morgan fingerprint density at radius 2 is 1.83 bits per heavy atom. The second-order valence-electron chi connectivity index (χ2n) is 5.45. The minimum Gasteiger partial charge on any atom is -0.380 e. The maximum absolute atomic E-state index is 12.0. The lowest BCUT2D eigenvalue weighted by Crippen LogP contribution is -2.40. The van der Waals surface area contributed by atoms with Crippen molar-refractivity contribution in [2.75, 3.05) is 10.6 Å². The monoisotopic (exact) mass is 345 g/mol. The van der Waals surface area contributed by atoms with Crippen LogP contribution in [0.1, 0.15) is 19.4 Å². The van der Waals surface area contributed by atoms with Gasteiger partial charge in [0.1, 0.15) is 6.04 Å². The second-order valence-corrected chi connectivity index (χ2v) is 5.85. The minimum absolute atomic E-state index is 0.254. The molecule has 6 heteroatoms. The Labute approximate surface area is 146 Å². The number of anilines is 2. The topological polar surface area (TPSA) is 70.2 Å². The van der Waals surface area contributed by atoms with Gasteiger partial charge in [-0.2, -0.15) is 0 Å². The molecule has 1 unspecified atom stereocenters. The molecule has 126 valence electrons. The molecule has 0 aliphatic heterocycles. The van der Waals surface area contributed by atoms with E-state index in [1.165, 1.54) is 6.92 Å². The Morgan fingerprint density at radius 3 is 2.46 bits per heavy atom. The Bertz CT molecular complexity index is 719. The van der Waals surface area contributed by atoms with Gasteiger partial charge in [0.15, 0.2) is 0 Å². The summed E-state index contributed by atoms with van der Waals surface area (Å²) < 4.78 is 0. The number of benzene rings is 2. The number of hydrogen-bond acceptors (Lipinski definition) is 3. The lowest BCUT2D eigenvalue weighted by Gasteiger charge is -2.14. The number of amides is 2. The maximum atomic E-state index is 12.0. The first-order chi connectivity index (χ1) is 11.5. The SMILES string of the molecule is CC(=O)NC(C)C(=O)Nc1ccc(NCc2ccccc2)c(Cl)c1. The van der Waals surface area contributed by atoms with Crippen LogP contribution in [0.15, 0.2) is 48.5 Å². The third-order valence-corrected chi connectivity index (χ3v) is 3.69. The Hall–Kier alpha value is -2.53. The van der Waals surface area contributed by atoms with Crippen LogP contribution in [0.4, 0.5) is 11.4 Å². The predicted octanol–water partition coefficient (Wildman–Crippen LogP) is 3.42. The molecule has 2 aromatic rings. The number of carbonyl (C=O) groups excluding carboxylic acids is 2. The molecule has 0 saturated carbocycles. The van der Waals surface area contributed by atoms with E-state index in [9.17, 15) is 9.59 Å². The van der Waals surface area contributed by atoms with Gasteiger partial charge in [0.2, 0.25) is 11.8 Å². The van der Waals surface area contributed by atoms with E-state index in [0.717, 1.165) is 11.3 Å². The van der Waals surface area contributed by atoms with Crippen LogP contribution in [0.5, 0.6) is 0 Å². The standard InChI is InChI=1S/C18H20ClN3O2/c1-12(21-13(2)23)18(24)22-15-8-9-17(16(19)10-15)20-11-14-6-4-3-5-7-14/h3-10,12,20H,11H2,1-2H3,(H,21,23)(H,22,24). The van der Waals surface area contributed by atoms with Crippen molar-refractivity contribution in [3.05, 3.63) is 59.1 Å². The molecule has 0 spiro atoms. The third kappa shape index (κ3) is 5.28. The molecule has 0 radical (unpaired) electrons. The summed E-state index contributed by atoms with van der Waals surface area (Å²) in [5.74, 6) is -0.553. The van der Waals surface area contributed by atoms with E-state index in [4.69, 9.17) is 11.6 Å². The van der Waals surface area contributed by atoms with Crippen molar-refractivity contribution in [1.29, 1.82) is 0 Å². The number of nitrogens with one attached hydrogen (secondary N) is 3. The van der Waals surface area contributed by atoms with Crippen LogP contribution in [0.3, 0.4) is 0 Å². The molecule has 0 aliphatic carbocycles. The summed E-state index contributed by atoms with van der Waals surface area (Å²) in [6.45, 7) is 3.65. The summed E-state index contributed by atoms with van der Waals surface area (Å²) in [7, 11) is 0. The molecule has 3 N–H and O–H groups in total. The van der Waals surface area contributed by atoms with Crippen molar-refractivity contribution in [2.24, 2.45) is 0 Å². The molecule has 0 aliphatic rings. The number of hydrogen-bond donors (Lipinski definition) is 3. The van der Waals surface area contributed by atoms with Crippen LogP contribution in [-0.4, -0.2) is 17.9 Å². The number of carbonyl (C=O) groups is 2. The summed E-state index contributed by atoms with van der Waals surface area (Å²) in [5.41, 5.74) is 2.51.